The van der Waals surface area contributed by atoms with Gasteiger partial charge in [0.1, 0.15) is 12.4 Å². The van der Waals surface area contributed by atoms with Crippen molar-refractivity contribution in [2.24, 2.45) is 5.92 Å². The van der Waals surface area contributed by atoms with E-state index in [1.807, 2.05) is 23.1 Å². The summed E-state index contributed by atoms with van der Waals surface area (Å²) >= 11 is 0. The second-order valence-electron chi connectivity index (χ2n) is 6.30. The molecule has 1 atom stereocenters. The van der Waals surface area contributed by atoms with Crippen LogP contribution in [0.2, 0.25) is 0 Å². The molecule has 0 bridgehead atoms. The third-order valence-electron chi connectivity index (χ3n) is 4.29. The monoisotopic (exact) mass is 274 g/mol. The normalized spacial score (nSPS) is 24.7. The van der Waals surface area contributed by atoms with E-state index in [1.165, 1.54) is 0 Å². The van der Waals surface area contributed by atoms with Crippen LogP contribution in [-0.2, 0) is 11.2 Å². The lowest BCUT2D eigenvalue weighted by molar-refractivity contribution is -0.143. The molecule has 1 aromatic carbocycles. The highest BCUT2D eigenvalue weighted by Gasteiger charge is 2.38. The van der Waals surface area contributed by atoms with Gasteiger partial charge < -0.3 is 15.0 Å². The van der Waals surface area contributed by atoms with Crippen LogP contribution in [0.4, 0.5) is 0 Å². The van der Waals surface area contributed by atoms with E-state index in [2.05, 4.69) is 25.2 Å². The summed E-state index contributed by atoms with van der Waals surface area (Å²) in [6, 6.07) is 8.01. The lowest BCUT2D eigenvalue weighted by Crippen LogP contribution is -2.61. The number of carbonyl (C=O) groups is 1. The number of ether oxygens (including phenoxy) is 1. The maximum atomic E-state index is 12.8. The molecule has 108 valence electrons. The number of piperazine rings is 1. The van der Waals surface area contributed by atoms with E-state index in [0.29, 0.717) is 6.61 Å². The van der Waals surface area contributed by atoms with Gasteiger partial charge in [0, 0.05) is 25.2 Å². The molecular formula is C16H22N2O2. The first kappa shape index (κ1) is 13.4. The zero-order valence-electron chi connectivity index (χ0n) is 12.2. The van der Waals surface area contributed by atoms with Crippen LogP contribution in [0.25, 0.3) is 0 Å². The standard InChI is InChI=1S/C16H22N2O2/c1-16(2)11-17-7-8-18(16)15(19)13-9-12-5-3-4-6-14(12)20-10-13/h3-6,13,17H,7-11H2,1-2H3. The highest BCUT2D eigenvalue weighted by molar-refractivity contribution is 5.80. The van der Waals surface area contributed by atoms with Gasteiger partial charge in [-0.25, -0.2) is 0 Å². The van der Waals surface area contributed by atoms with Crippen LogP contribution in [0, 0.1) is 5.92 Å². The fourth-order valence-corrected chi connectivity index (χ4v) is 3.10. The topological polar surface area (TPSA) is 41.6 Å². The predicted octanol–water partition coefficient (Wildman–Crippen LogP) is 1.45. The van der Waals surface area contributed by atoms with Crippen LogP contribution >= 0.6 is 0 Å². The summed E-state index contributed by atoms with van der Waals surface area (Å²) in [5, 5.41) is 3.35. The molecule has 3 rings (SSSR count). The maximum Gasteiger partial charge on any atom is 0.229 e. The lowest BCUT2D eigenvalue weighted by atomic mass is 9.92. The molecule has 4 heteroatoms. The van der Waals surface area contributed by atoms with Gasteiger partial charge >= 0.3 is 0 Å². The number of hydrogen-bond acceptors (Lipinski definition) is 3. The van der Waals surface area contributed by atoms with Crippen molar-refractivity contribution in [3.63, 3.8) is 0 Å². The number of benzene rings is 1. The van der Waals surface area contributed by atoms with Crippen LogP contribution in [-0.4, -0.2) is 42.6 Å². The van der Waals surface area contributed by atoms with Crippen molar-refractivity contribution >= 4 is 5.91 Å². The summed E-state index contributed by atoms with van der Waals surface area (Å²) in [7, 11) is 0. The molecule has 4 nitrogen and oxygen atoms in total. The second kappa shape index (κ2) is 5.09. The van der Waals surface area contributed by atoms with Gasteiger partial charge in [-0.15, -0.1) is 0 Å². The predicted molar refractivity (Wildman–Crippen MR) is 77.8 cm³/mol. The highest BCUT2D eigenvalue weighted by Crippen LogP contribution is 2.29. The minimum atomic E-state index is -0.119. The van der Waals surface area contributed by atoms with Crippen LogP contribution in [0.1, 0.15) is 19.4 Å². The van der Waals surface area contributed by atoms with Crippen molar-refractivity contribution in [1.82, 2.24) is 10.2 Å². The molecule has 0 radical (unpaired) electrons. The van der Waals surface area contributed by atoms with Crippen LogP contribution in [0.15, 0.2) is 24.3 Å². The molecule has 1 saturated heterocycles. The Labute approximate surface area is 120 Å². The highest BCUT2D eigenvalue weighted by atomic mass is 16.5. The van der Waals surface area contributed by atoms with Crippen molar-refractivity contribution in [2.75, 3.05) is 26.2 Å². The molecule has 2 heterocycles. The fourth-order valence-electron chi connectivity index (χ4n) is 3.10. The summed E-state index contributed by atoms with van der Waals surface area (Å²) in [4.78, 5) is 14.8. The molecule has 1 unspecified atom stereocenters. The molecule has 0 spiro atoms. The van der Waals surface area contributed by atoms with Crippen molar-refractivity contribution in [3.8, 4) is 5.75 Å². The fraction of sp³-hybridized carbons (Fsp3) is 0.562. The van der Waals surface area contributed by atoms with E-state index >= 15 is 0 Å². The van der Waals surface area contributed by atoms with E-state index < -0.39 is 0 Å². The molecule has 2 aliphatic rings. The minimum absolute atomic E-state index is 0.0534. The minimum Gasteiger partial charge on any atom is -0.492 e. The number of hydrogen-bond donors (Lipinski definition) is 1. The summed E-state index contributed by atoms with van der Waals surface area (Å²) in [5.74, 6) is 1.10. The number of nitrogens with zero attached hydrogens (tertiary/aromatic N) is 1. The summed E-state index contributed by atoms with van der Waals surface area (Å²) in [6.07, 6.45) is 0.787. The van der Waals surface area contributed by atoms with Crippen molar-refractivity contribution < 1.29 is 9.53 Å². The number of nitrogens with one attached hydrogen (secondary N) is 1. The summed E-state index contributed by atoms with van der Waals surface area (Å²) < 4.78 is 5.75. The Morgan fingerprint density at radius 1 is 1.40 bits per heavy atom. The Hall–Kier alpha value is -1.55. The van der Waals surface area contributed by atoms with E-state index in [0.717, 1.165) is 37.4 Å². The van der Waals surface area contributed by atoms with Crippen molar-refractivity contribution in [3.05, 3.63) is 29.8 Å². The van der Waals surface area contributed by atoms with Gasteiger partial charge in [0.2, 0.25) is 5.91 Å². The molecular weight excluding hydrogens is 252 g/mol. The first-order valence-electron chi connectivity index (χ1n) is 7.31. The Morgan fingerprint density at radius 2 is 2.20 bits per heavy atom. The first-order chi connectivity index (χ1) is 9.58. The molecule has 20 heavy (non-hydrogen) atoms. The summed E-state index contributed by atoms with van der Waals surface area (Å²) in [6.45, 7) is 7.24. The van der Waals surface area contributed by atoms with Crippen molar-refractivity contribution in [1.29, 1.82) is 0 Å². The zero-order chi connectivity index (χ0) is 14.2. The number of rotatable bonds is 1. The molecule has 1 amide bonds. The zero-order valence-corrected chi connectivity index (χ0v) is 12.2. The molecule has 1 aromatic rings. The molecule has 1 N–H and O–H groups in total. The molecule has 2 aliphatic heterocycles. The van der Waals surface area contributed by atoms with E-state index in [4.69, 9.17) is 4.74 Å². The molecule has 0 saturated carbocycles. The molecule has 0 aliphatic carbocycles. The van der Waals surface area contributed by atoms with Crippen LogP contribution < -0.4 is 10.1 Å². The van der Waals surface area contributed by atoms with Gasteiger partial charge in [-0.1, -0.05) is 18.2 Å². The van der Waals surface area contributed by atoms with Gasteiger partial charge in [0.15, 0.2) is 0 Å². The SMILES string of the molecule is CC1(C)CNCCN1C(=O)C1COc2ccccc2C1. The van der Waals surface area contributed by atoms with E-state index in [-0.39, 0.29) is 17.4 Å². The molecule has 0 aromatic heterocycles. The smallest absolute Gasteiger partial charge is 0.229 e. The quantitative estimate of drug-likeness (QED) is 0.843. The van der Waals surface area contributed by atoms with Gasteiger partial charge in [-0.3, -0.25) is 4.79 Å². The summed E-state index contributed by atoms with van der Waals surface area (Å²) in [5.41, 5.74) is 1.02. The van der Waals surface area contributed by atoms with Crippen LogP contribution in [0.5, 0.6) is 5.75 Å². The Kier molecular flexibility index (Phi) is 3.42. The number of amides is 1. The van der Waals surface area contributed by atoms with Gasteiger partial charge in [-0.05, 0) is 31.9 Å². The first-order valence-corrected chi connectivity index (χ1v) is 7.31. The Bertz CT molecular complexity index is 513. The number of para-hydroxylation sites is 1. The maximum absolute atomic E-state index is 12.8. The van der Waals surface area contributed by atoms with Gasteiger partial charge in [0.25, 0.3) is 0 Å². The third-order valence-corrected chi connectivity index (χ3v) is 4.29. The second-order valence-corrected chi connectivity index (χ2v) is 6.30. The van der Waals surface area contributed by atoms with Gasteiger partial charge in [0.05, 0.1) is 5.92 Å². The Balaban J connectivity index is 1.76. The van der Waals surface area contributed by atoms with E-state index in [1.54, 1.807) is 0 Å². The molecule has 1 fully saturated rings. The number of carbonyl (C=O) groups excluding carboxylic acids is 1. The van der Waals surface area contributed by atoms with Gasteiger partial charge in [-0.2, -0.15) is 0 Å². The van der Waals surface area contributed by atoms with Crippen LogP contribution in [0.3, 0.4) is 0 Å². The lowest BCUT2D eigenvalue weighted by Gasteiger charge is -2.44. The largest absolute Gasteiger partial charge is 0.492 e. The third kappa shape index (κ3) is 2.40. The number of fused-ring (bicyclic) bond motifs is 1. The average Bonchev–Trinajstić information content (AvgIpc) is 2.45. The van der Waals surface area contributed by atoms with Crippen molar-refractivity contribution in [2.45, 2.75) is 25.8 Å². The van der Waals surface area contributed by atoms with E-state index in [9.17, 15) is 4.79 Å². The average molecular weight is 274 g/mol. The Morgan fingerprint density at radius 3 is 3.00 bits per heavy atom.